The van der Waals surface area contributed by atoms with Gasteiger partial charge in [0.1, 0.15) is 0 Å². The molecule has 2 heteroatoms. The van der Waals surface area contributed by atoms with Gasteiger partial charge in [-0.3, -0.25) is 0 Å². The summed E-state index contributed by atoms with van der Waals surface area (Å²) in [5.41, 5.74) is 11.4. The number of pyridine rings is 1. The van der Waals surface area contributed by atoms with Crippen molar-refractivity contribution < 1.29 is 0 Å². The van der Waals surface area contributed by atoms with Gasteiger partial charge in [0.15, 0.2) is 0 Å². The van der Waals surface area contributed by atoms with E-state index in [-0.39, 0.29) is 0 Å². The van der Waals surface area contributed by atoms with E-state index in [0.717, 1.165) is 40.7 Å². The monoisotopic (exact) mass is 262 g/mol. The number of nitrogens with two attached hydrogens (primary N) is 1. The molecule has 100 valence electrons. The van der Waals surface area contributed by atoms with Crippen LogP contribution in [0.5, 0.6) is 0 Å². The molecule has 0 aliphatic heterocycles. The second kappa shape index (κ2) is 5.33. The molecule has 0 saturated carbocycles. The van der Waals surface area contributed by atoms with E-state index in [4.69, 9.17) is 10.7 Å². The highest BCUT2D eigenvalue weighted by atomic mass is 14.7. The summed E-state index contributed by atoms with van der Waals surface area (Å²) in [6, 6.07) is 18.4. The SMILES string of the molecule is CCCc1cccc2c(N)cc(-c3ccccc3)nc12. The smallest absolute Gasteiger partial charge is 0.0762 e. The molecular formula is C18H18N2. The van der Waals surface area contributed by atoms with Crippen molar-refractivity contribution in [3.8, 4) is 11.3 Å². The molecule has 1 heterocycles. The molecule has 0 spiro atoms. The lowest BCUT2D eigenvalue weighted by atomic mass is 10.0. The Balaban J connectivity index is 2.24. The van der Waals surface area contributed by atoms with Gasteiger partial charge in [-0.15, -0.1) is 0 Å². The number of nitrogen functional groups attached to an aromatic ring is 1. The average Bonchev–Trinajstić information content (AvgIpc) is 2.49. The molecule has 20 heavy (non-hydrogen) atoms. The van der Waals surface area contributed by atoms with Crippen LogP contribution in [-0.4, -0.2) is 4.98 Å². The van der Waals surface area contributed by atoms with Crippen molar-refractivity contribution in [1.29, 1.82) is 0 Å². The molecule has 3 rings (SSSR count). The van der Waals surface area contributed by atoms with Gasteiger partial charge < -0.3 is 5.73 Å². The van der Waals surface area contributed by atoms with Crippen LogP contribution in [-0.2, 0) is 6.42 Å². The first-order chi connectivity index (χ1) is 9.79. The van der Waals surface area contributed by atoms with Crippen molar-refractivity contribution in [2.75, 3.05) is 5.73 Å². The Labute approximate surface area is 119 Å². The molecule has 0 radical (unpaired) electrons. The third-order valence-electron chi connectivity index (χ3n) is 3.54. The topological polar surface area (TPSA) is 38.9 Å². The predicted octanol–water partition coefficient (Wildman–Crippen LogP) is 4.44. The van der Waals surface area contributed by atoms with Crippen molar-refractivity contribution >= 4 is 16.6 Å². The van der Waals surface area contributed by atoms with Crippen molar-refractivity contribution in [2.45, 2.75) is 19.8 Å². The summed E-state index contributed by atoms with van der Waals surface area (Å²) in [7, 11) is 0. The molecule has 0 amide bonds. The van der Waals surface area contributed by atoms with Gasteiger partial charge >= 0.3 is 0 Å². The first kappa shape index (κ1) is 12.7. The minimum atomic E-state index is 0.798. The van der Waals surface area contributed by atoms with Gasteiger partial charge in [-0.25, -0.2) is 4.98 Å². The molecule has 0 fully saturated rings. The standard InChI is InChI=1S/C18H18N2/c1-2-7-14-10-6-11-15-16(19)12-17(20-18(14)15)13-8-4-3-5-9-13/h3-6,8-12H,2,7H2,1H3,(H2,19,20). The summed E-state index contributed by atoms with van der Waals surface area (Å²) in [5.74, 6) is 0. The number of anilines is 1. The Kier molecular flexibility index (Phi) is 3.38. The van der Waals surface area contributed by atoms with E-state index in [0.29, 0.717) is 0 Å². The van der Waals surface area contributed by atoms with E-state index in [1.54, 1.807) is 0 Å². The minimum Gasteiger partial charge on any atom is -0.398 e. The maximum absolute atomic E-state index is 6.22. The number of benzene rings is 2. The Bertz CT molecular complexity index is 733. The van der Waals surface area contributed by atoms with E-state index < -0.39 is 0 Å². The van der Waals surface area contributed by atoms with Crippen molar-refractivity contribution in [3.05, 3.63) is 60.2 Å². The second-order valence-electron chi connectivity index (χ2n) is 5.03. The van der Waals surface area contributed by atoms with E-state index in [1.807, 2.05) is 30.3 Å². The lowest BCUT2D eigenvalue weighted by Gasteiger charge is -2.10. The third kappa shape index (κ3) is 2.25. The normalized spacial score (nSPS) is 10.8. The van der Waals surface area contributed by atoms with Gasteiger partial charge in [0.05, 0.1) is 11.2 Å². The number of hydrogen-bond acceptors (Lipinski definition) is 2. The number of rotatable bonds is 3. The summed E-state index contributed by atoms with van der Waals surface area (Å²) in [5, 5.41) is 1.05. The highest BCUT2D eigenvalue weighted by molar-refractivity contribution is 5.94. The van der Waals surface area contributed by atoms with E-state index in [1.165, 1.54) is 5.56 Å². The largest absolute Gasteiger partial charge is 0.398 e. The molecule has 0 bridgehead atoms. The third-order valence-corrected chi connectivity index (χ3v) is 3.54. The van der Waals surface area contributed by atoms with Crippen LogP contribution in [0.3, 0.4) is 0 Å². The van der Waals surface area contributed by atoms with Crippen LogP contribution in [0.15, 0.2) is 54.6 Å². The van der Waals surface area contributed by atoms with Crippen LogP contribution >= 0.6 is 0 Å². The van der Waals surface area contributed by atoms with Crippen molar-refractivity contribution in [2.24, 2.45) is 0 Å². The van der Waals surface area contributed by atoms with Gasteiger partial charge in [0, 0.05) is 16.6 Å². The first-order valence-corrected chi connectivity index (χ1v) is 7.03. The van der Waals surface area contributed by atoms with E-state index >= 15 is 0 Å². The van der Waals surface area contributed by atoms with Gasteiger partial charge in [0.25, 0.3) is 0 Å². The van der Waals surface area contributed by atoms with Crippen LogP contribution in [0.4, 0.5) is 5.69 Å². The average molecular weight is 262 g/mol. The fourth-order valence-electron chi connectivity index (χ4n) is 2.56. The van der Waals surface area contributed by atoms with Gasteiger partial charge in [-0.2, -0.15) is 0 Å². The molecular weight excluding hydrogens is 244 g/mol. The molecule has 2 aromatic carbocycles. The number of aryl methyl sites for hydroxylation is 1. The highest BCUT2D eigenvalue weighted by Crippen LogP contribution is 2.28. The highest BCUT2D eigenvalue weighted by Gasteiger charge is 2.08. The molecule has 2 N–H and O–H groups in total. The lowest BCUT2D eigenvalue weighted by molar-refractivity contribution is 0.926. The molecule has 0 unspecified atom stereocenters. The minimum absolute atomic E-state index is 0.798. The zero-order valence-electron chi connectivity index (χ0n) is 11.6. The zero-order chi connectivity index (χ0) is 13.9. The number of hydrogen-bond donors (Lipinski definition) is 1. The number of aromatic nitrogens is 1. The molecule has 3 aromatic rings. The summed E-state index contributed by atoms with van der Waals surface area (Å²) >= 11 is 0. The van der Waals surface area contributed by atoms with Crippen LogP contribution < -0.4 is 5.73 Å². The Morgan fingerprint density at radius 3 is 2.55 bits per heavy atom. The second-order valence-corrected chi connectivity index (χ2v) is 5.03. The quantitative estimate of drug-likeness (QED) is 0.758. The zero-order valence-corrected chi connectivity index (χ0v) is 11.6. The predicted molar refractivity (Wildman–Crippen MR) is 85.6 cm³/mol. The maximum Gasteiger partial charge on any atom is 0.0762 e. The van der Waals surface area contributed by atoms with Gasteiger partial charge in [-0.1, -0.05) is 61.9 Å². The van der Waals surface area contributed by atoms with Crippen LogP contribution in [0.25, 0.3) is 22.2 Å². The fourth-order valence-corrected chi connectivity index (χ4v) is 2.56. The van der Waals surface area contributed by atoms with Crippen LogP contribution in [0.2, 0.25) is 0 Å². The number of nitrogens with zero attached hydrogens (tertiary/aromatic N) is 1. The first-order valence-electron chi connectivity index (χ1n) is 7.03. The van der Waals surface area contributed by atoms with Crippen LogP contribution in [0.1, 0.15) is 18.9 Å². The number of para-hydroxylation sites is 1. The summed E-state index contributed by atoms with van der Waals surface area (Å²) in [4.78, 5) is 4.84. The van der Waals surface area contributed by atoms with E-state index in [2.05, 4.69) is 31.2 Å². The molecule has 0 atom stereocenters. The Morgan fingerprint density at radius 1 is 1.00 bits per heavy atom. The Hall–Kier alpha value is -2.35. The lowest BCUT2D eigenvalue weighted by Crippen LogP contribution is -1.96. The molecule has 2 nitrogen and oxygen atoms in total. The van der Waals surface area contributed by atoms with Crippen LogP contribution in [0, 0.1) is 0 Å². The summed E-state index contributed by atoms with van der Waals surface area (Å²) in [6.45, 7) is 2.18. The van der Waals surface area contributed by atoms with Gasteiger partial charge in [-0.05, 0) is 18.1 Å². The maximum atomic E-state index is 6.22. The van der Waals surface area contributed by atoms with Gasteiger partial charge in [0.2, 0.25) is 0 Å². The fraction of sp³-hybridized carbons (Fsp3) is 0.167. The summed E-state index contributed by atoms with van der Waals surface area (Å²) < 4.78 is 0. The van der Waals surface area contributed by atoms with Crippen molar-refractivity contribution in [1.82, 2.24) is 4.98 Å². The molecule has 0 aliphatic carbocycles. The van der Waals surface area contributed by atoms with E-state index in [9.17, 15) is 0 Å². The summed E-state index contributed by atoms with van der Waals surface area (Å²) in [6.07, 6.45) is 2.14. The number of fused-ring (bicyclic) bond motifs is 1. The Morgan fingerprint density at radius 2 is 1.80 bits per heavy atom. The molecule has 0 aliphatic rings. The molecule has 1 aromatic heterocycles. The van der Waals surface area contributed by atoms with Crippen molar-refractivity contribution in [3.63, 3.8) is 0 Å². The molecule has 0 saturated heterocycles.